The number of thiophene rings is 1. The predicted molar refractivity (Wildman–Crippen MR) is 105 cm³/mol. The molecule has 0 aliphatic carbocycles. The van der Waals surface area contributed by atoms with E-state index in [4.69, 9.17) is 4.74 Å². The number of ketones is 1. The van der Waals surface area contributed by atoms with Gasteiger partial charge >= 0.3 is 0 Å². The van der Waals surface area contributed by atoms with Crippen molar-refractivity contribution < 1.29 is 14.3 Å². The van der Waals surface area contributed by atoms with Crippen LogP contribution in [0.3, 0.4) is 0 Å². The number of nitrogens with one attached hydrogen (secondary N) is 1. The van der Waals surface area contributed by atoms with Gasteiger partial charge in [-0.3, -0.25) is 9.59 Å². The van der Waals surface area contributed by atoms with Crippen molar-refractivity contribution in [2.45, 2.75) is 0 Å². The summed E-state index contributed by atoms with van der Waals surface area (Å²) in [5.74, 6) is 0.217. The van der Waals surface area contributed by atoms with Crippen LogP contribution in [0.5, 0.6) is 5.75 Å². The monoisotopic (exact) mass is 363 g/mol. The predicted octanol–water partition coefficient (Wildman–Crippen LogP) is 4.66. The largest absolute Gasteiger partial charge is 0.484 e. The zero-order valence-corrected chi connectivity index (χ0v) is 14.7. The zero-order chi connectivity index (χ0) is 18.2. The minimum absolute atomic E-state index is 0.0771. The van der Waals surface area contributed by atoms with Crippen molar-refractivity contribution in [3.63, 3.8) is 0 Å². The Morgan fingerprint density at radius 3 is 2.42 bits per heavy atom. The fourth-order valence-electron chi connectivity index (χ4n) is 2.22. The summed E-state index contributed by atoms with van der Waals surface area (Å²) in [6.45, 7) is -0.0968. The van der Waals surface area contributed by atoms with Crippen molar-refractivity contribution >= 4 is 34.8 Å². The Hall–Kier alpha value is -3.18. The van der Waals surface area contributed by atoms with E-state index in [-0.39, 0.29) is 18.3 Å². The fourth-order valence-corrected chi connectivity index (χ4v) is 2.84. The second kappa shape index (κ2) is 8.78. The Morgan fingerprint density at radius 1 is 0.962 bits per heavy atom. The smallest absolute Gasteiger partial charge is 0.262 e. The molecular weight excluding hydrogens is 346 g/mol. The highest BCUT2D eigenvalue weighted by Crippen LogP contribution is 2.15. The standard InChI is InChI=1S/C21H17NO3S/c23-20(13-12-19-7-4-14-26-19)16-8-10-18(11-9-16)25-15-21(24)22-17-5-2-1-3-6-17/h1-14H,15H2,(H,22,24)/b13-12+. The molecule has 1 aromatic heterocycles. The van der Waals surface area contributed by atoms with E-state index in [2.05, 4.69) is 5.32 Å². The van der Waals surface area contributed by atoms with Crippen molar-refractivity contribution in [3.8, 4) is 5.75 Å². The molecule has 0 bridgehead atoms. The van der Waals surface area contributed by atoms with Gasteiger partial charge in [0.25, 0.3) is 5.91 Å². The van der Waals surface area contributed by atoms with Crippen molar-refractivity contribution in [1.29, 1.82) is 0 Å². The summed E-state index contributed by atoms with van der Waals surface area (Å²) in [4.78, 5) is 25.0. The van der Waals surface area contributed by atoms with Crippen molar-refractivity contribution in [3.05, 3.63) is 88.6 Å². The van der Waals surface area contributed by atoms with Crippen molar-refractivity contribution in [2.24, 2.45) is 0 Å². The first kappa shape index (κ1) is 17.6. The Bertz CT molecular complexity index is 885. The zero-order valence-electron chi connectivity index (χ0n) is 13.9. The first-order chi connectivity index (χ1) is 12.7. The van der Waals surface area contributed by atoms with Gasteiger partial charge < -0.3 is 10.1 Å². The number of amides is 1. The Kier molecular flexibility index (Phi) is 5.96. The van der Waals surface area contributed by atoms with Gasteiger partial charge in [-0.1, -0.05) is 24.3 Å². The minimum Gasteiger partial charge on any atom is -0.484 e. The quantitative estimate of drug-likeness (QED) is 0.490. The molecule has 0 saturated carbocycles. The second-order valence-corrected chi connectivity index (χ2v) is 6.42. The second-order valence-electron chi connectivity index (χ2n) is 5.44. The van der Waals surface area contributed by atoms with E-state index in [9.17, 15) is 9.59 Å². The topological polar surface area (TPSA) is 55.4 Å². The minimum atomic E-state index is -0.241. The Balaban J connectivity index is 1.51. The van der Waals surface area contributed by atoms with Gasteiger partial charge in [0, 0.05) is 16.1 Å². The molecule has 4 nitrogen and oxygen atoms in total. The van der Waals surface area contributed by atoms with Crippen LogP contribution >= 0.6 is 11.3 Å². The molecule has 5 heteroatoms. The summed E-state index contributed by atoms with van der Waals surface area (Å²) >= 11 is 1.58. The molecule has 0 saturated heterocycles. The van der Waals surface area contributed by atoms with Crippen LogP contribution in [-0.4, -0.2) is 18.3 Å². The first-order valence-corrected chi connectivity index (χ1v) is 8.92. The lowest BCUT2D eigenvalue weighted by Gasteiger charge is -2.07. The summed E-state index contributed by atoms with van der Waals surface area (Å²) in [6, 6.07) is 19.8. The lowest BCUT2D eigenvalue weighted by Crippen LogP contribution is -2.20. The number of rotatable bonds is 7. The molecule has 1 amide bonds. The molecule has 0 spiro atoms. The number of para-hydroxylation sites is 1. The summed E-state index contributed by atoms with van der Waals surface area (Å²) in [5, 5.41) is 4.71. The number of hydrogen-bond donors (Lipinski definition) is 1. The fraction of sp³-hybridized carbons (Fsp3) is 0.0476. The summed E-state index contributed by atoms with van der Waals surface area (Å²) < 4.78 is 5.45. The third-order valence-corrected chi connectivity index (χ3v) is 4.35. The molecule has 2 aromatic carbocycles. The molecule has 26 heavy (non-hydrogen) atoms. The van der Waals surface area contributed by atoms with E-state index in [0.29, 0.717) is 11.3 Å². The normalized spacial score (nSPS) is 10.6. The van der Waals surface area contributed by atoms with Crippen LogP contribution in [-0.2, 0) is 4.79 Å². The maximum Gasteiger partial charge on any atom is 0.262 e. The van der Waals surface area contributed by atoms with E-state index < -0.39 is 0 Å². The van der Waals surface area contributed by atoms with E-state index in [1.165, 1.54) is 0 Å². The Morgan fingerprint density at radius 2 is 1.73 bits per heavy atom. The highest BCUT2D eigenvalue weighted by atomic mass is 32.1. The van der Waals surface area contributed by atoms with E-state index >= 15 is 0 Å². The third-order valence-electron chi connectivity index (χ3n) is 3.51. The SMILES string of the molecule is O=C(COc1ccc(C(=O)/C=C/c2cccs2)cc1)Nc1ccccc1. The summed E-state index contributed by atoms with van der Waals surface area (Å²) in [7, 11) is 0. The number of carbonyl (C=O) groups is 2. The van der Waals surface area contributed by atoms with Gasteiger partial charge in [0.15, 0.2) is 12.4 Å². The molecule has 3 aromatic rings. The number of benzene rings is 2. The van der Waals surface area contributed by atoms with Crippen LogP contribution in [0.2, 0.25) is 0 Å². The number of allylic oxidation sites excluding steroid dienone is 1. The number of hydrogen-bond acceptors (Lipinski definition) is 4. The van der Waals surface area contributed by atoms with Gasteiger partial charge in [-0.25, -0.2) is 0 Å². The van der Waals surface area contributed by atoms with Crippen molar-refractivity contribution in [2.75, 3.05) is 11.9 Å². The molecule has 0 aliphatic heterocycles. The molecule has 0 unspecified atom stereocenters. The summed E-state index contributed by atoms with van der Waals surface area (Å²) in [5.41, 5.74) is 1.29. The lowest BCUT2D eigenvalue weighted by atomic mass is 10.1. The number of ether oxygens (including phenoxy) is 1. The summed E-state index contributed by atoms with van der Waals surface area (Å²) in [6.07, 6.45) is 3.35. The first-order valence-electron chi connectivity index (χ1n) is 8.04. The van der Waals surface area contributed by atoms with Crippen LogP contribution < -0.4 is 10.1 Å². The van der Waals surface area contributed by atoms with Crippen molar-refractivity contribution in [1.82, 2.24) is 0 Å². The van der Waals surface area contributed by atoms with Gasteiger partial charge in [0.05, 0.1) is 0 Å². The molecule has 130 valence electrons. The van der Waals surface area contributed by atoms with Crippen LogP contribution in [0.25, 0.3) is 6.08 Å². The molecule has 1 heterocycles. The molecule has 0 aliphatic rings. The van der Waals surface area contributed by atoms with Gasteiger partial charge in [0.2, 0.25) is 0 Å². The van der Waals surface area contributed by atoms with Gasteiger partial charge in [0.1, 0.15) is 5.75 Å². The molecular formula is C21H17NO3S. The van der Waals surface area contributed by atoms with Gasteiger partial charge in [-0.2, -0.15) is 0 Å². The highest BCUT2D eigenvalue weighted by molar-refractivity contribution is 7.10. The number of carbonyl (C=O) groups excluding carboxylic acids is 2. The van der Waals surface area contributed by atoms with E-state index in [1.54, 1.807) is 47.8 Å². The average molecular weight is 363 g/mol. The average Bonchev–Trinajstić information content (AvgIpc) is 3.19. The maximum absolute atomic E-state index is 12.1. The van der Waals surface area contributed by atoms with Crippen LogP contribution in [0.15, 0.2) is 78.2 Å². The maximum atomic E-state index is 12.1. The van der Waals surface area contributed by atoms with Crippen LogP contribution in [0, 0.1) is 0 Å². The van der Waals surface area contributed by atoms with Crippen LogP contribution in [0.1, 0.15) is 15.2 Å². The van der Waals surface area contributed by atoms with Gasteiger partial charge in [-0.05, 0) is 60.0 Å². The van der Waals surface area contributed by atoms with E-state index in [0.717, 1.165) is 10.6 Å². The number of anilines is 1. The Labute approximate surface area is 155 Å². The molecule has 0 fully saturated rings. The van der Waals surface area contributed by atoms with E-state index in [1.807, 2.05) is 47.8 Å². The molecule has 3 rings (SSSR count). The molecule has 0 atom stereocenters. The molecule has 0 radical (unpaired) electrons. The van der Waals surface area contributed by atoms with Gasteiger partial charge in [-0.15, -0.1) is 11.3 Å². The lowest BCUT2D eigenvalue weighted by molar-refractivity contribution is -0.118. The molecule has 1 N–H and O–H groups in total. The third kappa shape index (κ3) is 5.16. The highest BCUT2D eigenvalue weighted by Gasteiger charge is 2.05. The van der Waals surface area contributed by atoms with Crippen LogP contribution in [0.4, 0.5) is 5.69 Å².